The molecule has 120 valence electrons. The van der Waals surface area contributed by atoms with Crippen LogP contribution >= 0.6 is 23.1 Å². The average molecular weight is 354 g/mol. The molecule has 4 rings (SSSR count). The van der Waals surface area contributed by atoms with Gasteiger partial charge in [0.1, 0.15) is 21.4 Å². The molecule has 0 bridgehead atoms. The molecule has 0 saturated carbocycles. The number of aromatic nitrogens is 6. The summed E-state index contributed by atoms with van der Waals surface area (Å²) in [6.07, 6.45) is 1.75. The summed E-state index contributed by atoms with van der Waals surface area (Å²) < 4.78 is 1.94. The number of pyridine rings is 1. The second-order valence-corrected chi connectivity index (χ2v) is 7.17. The zero-order valence-electron chi connectivity index (χ0n) is 13.4. The highest BCUT2D eigenvalue weighted by atomic mass is 32.2. The Morgan fingerprint density at radius 1 is 1.12 bits per heavy atom. The number of aryl methyl sites for hydroxylation is 2. The maximum absolute atomic E-state index is 4.61. The van der Waals surface area contributed by atoms with Crippen molar-refractivity contribution < 1.29 is 0 Å². The van der Waals surface area contributed by atoms with Gasteiger partial charge in [0.15, 0.2) is 11.0 Å². The monoisotopic (exact) mass is 354 g/mol. The van der Waals surface area contributed by atoms with Crippen LogP contribution < -0.4 is 0 Å². The molecule has 4 aromatic heterocycles. The Hall–Kier alpha value is -2.32. The van der Waals surface area contributed by atoms with E-state index in [0.717, 1.165) is 37.7 Å². The molecule has 0 saturated heterocycles. The topological polar surface area (TPSA) is 69.4 Å². The van der Waals surface area contributed by atoms with E-state index in [2.05, 4.69) is 37.5 Å². The summed E-state index contributed by atoms with van der Waals surface area (Å²) in [4.78, 5) is 14.5. The molecule has 0 aliphatic rings. The lowest BCUT2D eigenvalue weighted by molar-refractivity contribution is 0.790. The van der Waals surface area contributed by atoms with Gasteiger partial charge in [-0.15, -0.1) is 21.5 Å². The third-order valence-electron chi connectivity index (χ3n) is 3.61. The van der Waals surface area contributed by atoms with Crippen LogP contribution in [0.1, 0.15) is 11.4 Å². The first-order valence-corrected chi connectivity index (χ1v) is 9.04. The van der Waals surface area contributed by atoms with Gasteiger partial charge in [-0.1, -0.05) is 6.07 Å². The van der Waals surface area contributed by atoms with E-state index in [0.29, 0.717) is 0 Å². The van der Waals surface area contributed by atoms with Crippen molar-refractivity contribution >= 4 is 33.3 Å². The molecule has 0 spiro atoms. The number of thiophene rings is 1. The van der Waals surface area contributed by atoms with Gasteiger partial charge in [-0.25, -0.2) is 9.97 Å². The van der Waals surface area contributed by atoms with E-state index in [1.54, 1.807) is 17.5 Å². The van der Waals surface area contributed by atoms with E-state index >= 15 is 0 Å². The Bertz CT molecular complexity index is 1020. The van der Waals surface area contributed by atoms with Crippen molar-refractivity contribution in [2.24, 2.45) is 7.05 Å². The number of nitrogens with zero attached hydrogens (tertiary/aromatic N) is 6. The maximum Gasteiger partial charge on any atom is 0.197 e. The second-order valence-electron chi connectivity index (χ2n) is 5.36. The summed E-state index contributed by atoms with van der Waals surface area (Å²) in [6.45, 7) is 3.99. The van der Waals surface area contributed by atoms with Crippen molar-refractivity contribution in [1.29, 1.82) is 0 Å². The first-order valence-electron chi connectivity index (χ1n) is 7.34. The van der Waals surface area contributed by atoms with E-state index in [1.807, 2.05) is 36.7 Å². The molecule has 0 radical (unpaired) electrons. The Morgan fingerprint density at radius 2 is 2.00 bits per heavy atom. The summed E-state index contributed by atoms with van der Waals surface area (Å²) in [5, 5.41) is 13.5. The summed E-state index contributed by atoms with van der Waals surface area (Å²) >= 11 is 3.15. The molecule has 0 aliphatic carbocycles. The van der Waals surface area contributed by atoms with Crippen LogP contribution in [0.4, 0.5) is 0 Å². The van der Waals surface area contributed by atoms with Crippen LogP contribution in [0.15, 0.2) is 40.0 Å². The molecule has 0 aliphatic heterocycles. The Kier molecular flexibility index (Phi) is 3.78. The van der Waals surface area contributed by atoms with Gasteiger partial charge in [0.2, 0.25) is 0 Å². The number of hydrogen-bond acceptors (Lipinski definition) is 7. The third kappa shape index (κ3) is 2.57. The normalized spacial score (nSPS) is 11.3. The fourth-order valence-corrected chi connectivity index (χ4v) is 4.48. The Morgan fingerprint density at radius 3 is 2.79 bits per heavy atom. The van der Waals surface area contributed by atoms with E-state index in [4.69, 9.17) is 0 Å². The molecule has 8 heteroatoms. The van der Waals surface area contributed by atoms with Crippen molar-refractivity contribution in [3.63, 3.8) is 0 Å². The van der Waals surface area contributed by atoms with Gasteiger partial charge in [-0.2, -0.15) is 0 Å². The highest BCUT2D eigenvalue weighted by molar-refractivity contribution is 7.99. The minimum atomic E-state index is 0.738. The van der Waals surface area contributed by atoms with Gasteiger partial charge in [0.25, 0.3) is 0 Å². The summed E-state index contributed by atoms with van der Waals surface area (Å²) in [7, 11) is 1.94. The predicted molar refractivity (Wildman–Crippen MR) is 95.2 cm³/mol. The van der Waals surface area contributed by atoms with Gasteiger partial charge >= 0.3 is 0 Å². The fraction of sp³-hybridized carbons (Fsp3) is 0.188. The Balaban J connectivity index is 1.77. The first-order chi connectivity index (χ1) is 11.6. The number of rotatable bonds is 3. The minimum absolute atomic E-state index is 0.738. The van der Waals surface area contributed by atoms with Crippen molar-refractivity contribution in [2.45, 2.75) is 24.0 Å². The van der Waals surface area contributed by atoms with Crippen LogP contribution in [0.5, 0.6) is 0 Å². The maximum atomic E-state index is 4.61. The van der Waals surface area contributed by atoms with Crippen LogP contribution in [-0.4, -0.2) is 29.7 Å². The van der Waals surface area contributed by atoms with Gasteiger partial charge in [-0.05, 0) is 48.7 Å². The predicted octanol–water partition coefficient (Wildman–Crippen LogP) is 3.65. The number of hydrogen-bond donors (Lipinski definition) is 0. The third-order valence-corrected chi connectivity index (χ3v) is 5.63. The number of fused-ring (bicyclic) bond motifs is 1. The van der Waals surface area contributed by atoms with Crippen LogP contribution in [0.2, 0.25) is 0 Å². The van der Waals surface area contributed by atoms with Gasteiger partial charge in [0, 0.05) is 18.6 Å². The average Bonchev–Trinajstić information content (AvgIpc) is 3.12. The standard InChI is InChI=1S/C16H14N6S2/c1-9-8-23-14-12(9)15(19-10(2)18-14)24-16-21-20-13(22(16)3)11-6-4-5-7-17-11/h4-8H,1-3H3. The van der Waals surface area contributed by atoms with Crippen molar-refractivity contribution in [3.8, 4) is 11.5 Å². The minimum Gasteiger partial charge on any atom is -0.304 e. The molecule has 4 aromatic rings. The molecule has 0 unspecified atom stereocenters. The van der Waals surface area contributed by atoms with Crippen molar-refractivity contribution in [2.75, 3.05) is 0 Å². The molecule has 24 heavy (non-hydrogen) atoms. The quantitative estimate of drug-likeness (QED) is 0.523. The fourth-order valence-electron chi connectivity index (χ4n) is 2.43. The highest BCUT2D eigenvalue weighted by Gasteiger charge is 2.17. The zero-order chi connectivity index (χ0) is 16.7. The van der Waals surface area contributed by atoms with Crippen LogP contribution in [0, 0.1) is 13.8 Å². The molecule has 0 aromatic carbocycles. The van der Waals surface area contributed by atoms with E-state index < -0.39 is 0 Å². The molecule has 0 fully saturated rings. The summed E-state index contributed by atoms with van der Waals surface area (Å²) in [5.41, 5.74) is 1.99. The lowest BCUT2D eigenvalue weighted by Gasteiger charge is -2.05. The smallest absolute Gasteiger partial charge is 0.197 e. The van der Waals surface area contributed by atoms with Crippen LogP contribution in [-0.2, 0) is 7.05 Å². The van der Waals surface area contributed by atoms with Gasteiger partial charge < -0.3 is 4.57 Å². The summed E-state index contributed by atoms with van der Waals surface area (Å²) in [5.74, 6) is 1.50. The zero-order valence-corrected chi connectivity index (χ0v) is 15.0. The van der Waals surface area contributed by atoms with Gasteiger partial charge in [-0.3, -0.25) is 4.98 Å². The van der Waals surface area contributed by atoms with Crippen LogP contribution in [0.3, 0.4) is 0 Å². The summed E-state index contributed by atoms with van der Waals surface area (Å²) in [6, 6.07) is 5.75. The largest absolute Gasteiger partial charge is 0.304 e. The molecule has 0 amide bonds. The van der Waals surface area contributed by atoms with Crippen LogP contribution in [0.25, 0.3) is 21.7 Å². The van der Waals surface area contributed by atoms with E-state index in [1.165, 1.54) is 17.3 Å². The van der Waals surface area contributed by atoms with E-state index in [9.17, 15) is 0 Å². The molecular weight excluding hydrogens is 340 g/mol. The molecule has 4 heterocycles. The molecule has 6 nitrogen and oxygen atoms in total. The highest BCUT2D eigenvalue weighted by Crippen LogP contribution is 2.35. The second kappa shape index (κ2) is 5.95. The SMILES string of the molecule is Cc1nc(Sc2nnc(-c3ccccn3)n2C)c2c(C)csc2n1. The molecule has 0 N–H and O–H groups in total. The van der Waals surface area contributed by atoms with Crippen molar-refractivity contribution in [1.82, 2.24) is 29.7 Å². The Labute approximate surface area is 147 Å². The van der Waals surface area contributed by atoms with Crippen molar-refractivity contribution in [3.05, 3.63) is 41.2 Å². The van der Waals surface area contributed by atoms with Gasteiger partial charge in [0.05, 0.1) is 0 Å². The van der Waals surface area contributed by atoms with E-state index in [-0.39, 0.29) is 0 Å². The lowest BCUT2D eigenvalue weighted by atomic mass is 10.3. The molecule has 0 atom stereocenters. The first kappa shape index (κ1) is 15.2. The lowest BCUT2D eigenvalue weighted by Crippen LogP contribution is -1.97. The molecular formula is C16H14N6S2.